The molecular weight excluding hydrogens is 308 g/mol. The Hall–Kier alpha value is -0.670. The number of carbonyl (C=O) groups is 1. The van der Waals surface area contributed by atoms with E-state index in [0.717, 1.165) is 26.0 Å². The number of rotatable bonds is 1. The summed E-state index contributed by atoms with van der Waals surface area (Å²) in [5.41, 5.74) is 0.671. The van der Waals surface area contributed by atoms with Gasteiger partial charge in [-0.1, -0.05) is 44.0 Å². The molecule has 0 fully saturated rings. The highest BCUT2D eigenvalue weighted by Crippen LogP contribution is 2.28. The molecule has 0 unspecified atom stereocenters. The molecule has 0 aliphatic rings. The molecule has 2 rings (SSSR count). The van der Waals surface area contributed by atoms with Crippen molar-refractivity contribution in [1.82, 2.24) is 0 Å². The van der Waals surface area contributed by atoms with Crippen LogP contribution in [0.15, 0.2) is 39.3 Å². The van der Waals surface area contributed by atoms with Gasteiger partial charge in [-0.05, 0) is 29.0 Å². The lowest BCUT2D eigenvalue weighted by molar-refractivity contribution is 0.112. The summed E-state index contributed by atoms with van der Waals surface area (Å²) >= 11 is 6.81. The summed E-state index contributed by atoms with van der Waals surface area (Å²) < 4.78 is 1.84. The van der Waals surface area contributed by atoms with Crippen LogP contribution in [0, 0.1) is 0 Å². The van der Waals surface area contributed by atoms with Crippen molar-refractivity contribution in [1.29, 1.82) is 0 Å². The largest absolute Gasteiger partial charge is 0.298 e. The van der Waals surface area contributed by atoms with Crippen LogP contribution < -0.4 is 0 Å². The number of carbonyl (C=O) groups excluding carboxylic acids is 1. The minimum absolute atomic E-state index is 0.671. The minimum Gasteiger partial charge on any atom is -0.298 e. The van der Waals surface area contributed by atoms with Gasteiger partial charge in [0.1, 0.15) is 0 Å². The van der Waals surface area contributed by atoms with E-state index in [4.69, 9.17) is 0 Å². The Balaban J connectivity index is 2.86. The molecule has 0 spiro atoms. The van der Waals surface area contributed by atoms with Gasteiger partial charge in [0.05, 0.1) is 0 Å². The van der Waals surface area contributed by atoms with Crippen molar-refractivity contribution in [3.8, 4) is 0 Å². The minimum atomic E-state index is 0.671. The number of fused-ring (bicyclic) bond motifs is 1. The molecule has 0 heterocycles. The molecular formula is C11H6Br2O. The quantitative estimate of drug-likeness (QED) is 0.722. The molecule has 3 heteroatoms. The fourth-order valence-corrected chi connectivity index (χ4v) is 2.32. The molecule has 0 saturated heterocycles. The SMILES string of the molecule is O=Cc1cc2c(Br)cccc2cc1Br. The summed E-state index contributed by atoms with van der Waals surface area (Å²) in [4.78, 5) is 10.7. The van der Waals surface area contributed by atoms with E-state index in [1.54, 1.807) is 0 Å². The molecule has 0 aromatic heterocycles. The molecule has 2 aromatic rings. The zero-order valence-corrected chi connectivity index (χ0v) is 10.3. The van der Waals surface area contributed by atoms with E-state index in [0.29, 0.717) is 5.56 Å². The summed E-state index contributed by atoms with van der Waals surface area (Å²) in [5, 5.41) is 2.16. The molecule has 1 nitrogen and oxygen atoms in total. The van der Waals surface area contributed by atoms with Gasteiger partial charge in [0.25, 0.3) is 0 Å². The van der Waals surface area contributed by atoms with Crippen LogP contribution in [0.1, 0.15) is 10.4 Å². The van der Waals surface area contributed by atoms with Gasteiger partial charge in [-0.3, -0.25) is 4.79 Å². The van der Waals surface area contributed by atoms with Crippen molar-refractivity contribution in [2.75, 3.05) is 0 Å². The van der Waals surface area contributed by atoms with Crippen molar-refractivity contribution < 1.29 is 4.79 Å². The number of benzene rings is 2. The van der Waals surface area contributed by atoms with Crippen LogP contribution in [-0.4, -0.2) is 6.29 Å². The lowest BCUT2D eigenvalue weighted by Gasteiger charge is -2.03. The fraction of sp³-hybridized carbons (Fsp3) is 0. The standard InChI is InChI=1S/C11H6Br2O/c12-10-3-1-2-7-5-11(13)8(6-14)4-9(7)10/h1-6H. The molecule has 0 amide bonds. The highest BCUT2D eigenvalue weighted by Gasteiger charge is 2.03. The highest BCUT2D eigenvalue weighted by molar-refractivity contribution is 9.11. The third kappa shape index (κ3) is 1.62. The van der Waals surface area contributed by atoms with E-state index in [1.807, 2.05) is 30.3 Å². The van der Waals surface area contributed by atoms with Crippen molar-refractivity contribution in [2.45, 2.75) is 0 Å². The topological polar surface area (TPSA) is 17.1 Å². The second kappa shape index (κ2) is 3.83. The molecule has 2 aromatic carbocycles. The van der Waals surface area contributed by atoms with E-state index >= 15 is 0 Å². The van der Waals surface area contributed by atoms with Gasteiger partial charge >= 0.3 is 0 Å². The maximum atomic E-state index is 10.7. The summed E-state index contributed by atoms with van der Waals surface area (Å²) in [7, 11) is 0. The molecule has 14 heavy (non-hydrogen) atoms. The lowest BCUT2D eigenvalue weighted by atomic mass is 10.1. The first-order valence-corrected chi connectivity index (χ1v) is 5.64. The Morgan fingerprint density at radius 2 is 1.86 bits per heavy atom. The van der Waals surface area contributed by atoms with Gasteiger partial charge in [-0.15, -0.1) is 0 Å². The normalized spacial score (nSPS) is 10.4. The van der Waals surface area contributed by atoms with Gasteiger partial charge < -0.3 is 0 Å². The average Bonchev–Trinajstić information content (AvgIpc) is 2.17. The maximum absolute atomic E-state index is 10.7. The Bertz CT molecular complexity index is 506. The van der Waals surface area contributed by atoms with Crippen LogP contribution in [0.2, 0.25) is 0 Å². The number of halogens is 2. The van der Waals surface area contributed by atoms with E-state index in [-0.39, 0.29) is 0 Å². The molecule has 0 aliphatic carbocycles. The van der Waals surface area contributed by atoms with Crippen LogP contribution in [0.4, 0.5) is 0 Å². The highest BCUT2D eigenvalue weighted by atomic mass is 79.9. The van der Waals surface area contributed by atoms with Crippen LogP contribution in [0.25, 0.3) is 10.8 Å². The number of aldehydes is 1. The summed E-state index contributed by atoms with van der Waals surface area (Å²) in [5.74, 6) is 0. The summed E-state index contributed by atoms with van der Waals surface area (Å²) in [6.45, 7) is 0. The number of hydrogen-bond acceptors (Lipinski definition) is 1. The van der Waals surface area contributed by atoms with E-state index < -0.39 is 0 Å². The van der Waals surface area contributed by atoms with Crippen LogP contribution >= 0.6 is 31.9 Å². The first-order chi connectivity index (χ1) is 6.72. The third-order valence-electron chi connectivity index (χ3n) is 2.07. The van der Waals surface area contributed by atoms with Gasteiger partial charge in [0.2, 0.25) is 0 Å². The molecule has 0 atom stereocenters. The molecule has 0 aliphatic heterocycles. The van der Waals surface area contributed by atoms with Gasteiger partial charge in [-0.2, -0.15) is 0 Å². The van der Waals surface area contributed by atoms with Crippen molar-refractivity contribution in [3.05, 3.63) is 44.8 Å². The van der Waals surface area contributed by atoms with E-state index in [2.05, 4.69) is 31.9 Å². The monoisotopic (exact) mass is 312 g/mol. The zero-order valence-electron chi connectivity index (χ0n) is 7.13. The van der Waals surface area contributed by atoms with Crippen LogP contribution in [0.3, 0.4) is 0 Å². The predicted octanol–water partition coefficient (Wildman–Crippen LogP) is 4.18. The van der Waals surface area contributed by atoms with Gasteiger partial charge in [0.15, 0.2) is 6.29 Å². The number of hydrogen-bond donors (Lipinski definition) is 0. The Morgan fingerprint density at radius 3 is 2.57 bits per heavy atom. The molecule has 0 saturated carbocycles. The summed E-state index contributed by atoms with van der Waals surface area (Å²) in [6.07, 6.45) is 0.850. The fourth-order valence-electron chi connectivity index (χ4n) is 1.37. The predicted molar refractivity (Wildman–Crippen MR) is 64.7 cm³/mol. The summed E-state index contributed by atoms with van der Waals surface area (Å²) in [6, 6.07) is 9.77. The van der Waals surface area contributed by atoms with E-state index in [1.165, 1.54) is 0 Å². The third-order valence-corrected chi connectivity index (χ3v) is 3.45. The lowest BCUT2D eigenvalue weighted by Crippen LogP contribution is -1.83. The van der Waals surface area contributed by atoms with Crippen LogP contribution in [0.5, 0.6) is 0 Å². The van der Waals surface area contributed by atoms with Crippen molar-refractivity contribution >= 4 is 48.9 Å². The van der Waals surface area contributed by atoms with Gasteiger partial charge in [0, 0.05) is 14.5 Å². The first kappa shape index (κ1) is 9.87. The first-order valence-electron chi connectivity index (χ1n) is 4.05. The maximum Gasteiger partial charge on any atom is 0.151 e. The van der Waals surface area contributed by atoms with Gasteiger partial charge in [-0.25, -0.2) is 0 Å². The second-order valence-electron chi connectivity index (χ2n) is 2.95. The average molecular weight is 314 g/mol. The molecule has 70 valence electrons. The molecule has 0 N–H and O–H groups in total. The zero-order chi connectivity index (χ0) is 10.1. The Morgan fingerprint density at radius 1 is 1.07 bits per heavy atom. The van der Waals surface area contributed by atoms with Crippen LogP contribution in [-0.2, 0) is 0 Å². The smallest absolute Gasteiger partial charge is 0.151 e. The Kier molecular flexibility index (Phi) is 2.70. The Labute approximate surface area is 98.4 Å². The van der Waals surface area contributed by atoms with E-state index in [9.17, 15) is 4.79 Å². The molecule has 0 radical (unpaired) electrons. The second-order valence-corrected chi connectivity index (χ2v) is 4.66. The van der Waals surface area contributed by atoms with Crippen molar-refractivity contribution in [2.24, 2.45) is 0 Å². The molecule has 0 bridgehead atoms. The van der Waals surface area contributed by atoms with Crippen molar-refractivity contribution in [3.63, 3.8) is 0 Å².